The molecule has 0 fully saturated rings. The normalized spacial score (nSPS) is 13.3. The first-order valence-electron chi connectivity index (χ1n) is 4.62. The van der Waals surface area contributed by atoms with Crippen LogP contribution in [0.3, 0.4) is 0 Å². The van der Waals surface area contributed by atoms with E-state index in [1.807, 2.05) is 0 Å². The van der Waals surface area contributed by atoms with E-state index < -0.39 is 36.4 Å². The van der Waals surface area contributed by atoms with Crippen LogP contribution in [0.4, 0.5) is 26.3 Å². The van der Waals surface area contributed by atoms with E-state index in [2.05, 4.69) is 0 Å². The quantitative estimate of drug-likeness (QED) is 0.840. The molecular formula is C10H10ClF6N. The molecule has 0 radical (unpaired) electrons. The summed E-state index contributed by atoms with van der Waals surface area (Å²) in [4.78, 5) is 0. The summed E-state index contributed by atoms with van der Waals surface area (Å²) in [5.41, 5.74) is 3.62. The van der Waals surface area contributed by atoms with E-state index >= 15 is 0 Å². The zero-order valence-corrected chi connectivity index (χ0v) is 9.66. The minimum absolute atomic E-state index is 0. The van der Waals surface area contributed by atoms with Crippen LogP contribution in [-0.2, 0) is 6.18 Å². The summed E-state index contributed by atoms with van der Waals surface area (Å²) in [5, 5.41) is 0. The van der Waals surface area contributed by atoms with Gasteiger partial charge in [-0.15, -0.1) is 12.4 Å². The predicted molar refractivity (Wildman–Crippen MR) is 56.2 cm³/mol. The lowest BCUT2D eigenvalue weighted by Crippen LogP contribution is -2.16. The number of nitrogens with two attached hydrogens (primary N) is 1. The zero-order valence-electron chi connectivity index (χ0n) is 8.85. The molecule has 0 bridgehead atoms. The maximum atomic E-state index is 12.9. The Labute approximate surface area is 105 Å². The van der Waals surface area contributed by atoms with Crippen molar-refractivity contribution >= 4 is 12.4 Å². The second-order valence-electron chi connectivity index (χ2n) is 3.47. The number of rotatable bonds is 3. The molecule has 1 aromatic carbocycles. The fourth-order valence-electron chi connectivity index (χ4n) is 1.32. The number of hydrogen-bond donors (Lipinski definition) is 1. The number of halogens is 7. The minimum atomic E-state index is -4.87. The first-order chi connectivity index (χ1) is 7.71. The van der Waals surface area contributed by atoms with Crippen molar-refractivity contribution in [2.24, 2.45) is 5.73 Å². The van der Waals surface area contributed by atoms with Crippen molar-refractivity contribution in [3.8, 4) is 0 Å². The summed E-state index contributed by atoms with van der Waals surface area (Å²) in [7, 11) is 0. The number of hydrogen-bond acceptors (Lipinski definition) is 1. The standard InChI is InChI=1S/C10H9F6N.ClH/c11-7-2-1-5(8(17)4-9(12)13)3-6(7)10(14,15)16;/h1-3,8-9H,4,17H2;1H/t8-;/m0./s1. The highest BCUT2D eigenvalue weighted by atomic mass is 35.5. The first-order valence-corrected chi connectivity index (χ1v) is 4.62. The molecule has 18 heavy (non-hydrogen) atoms. The molecule has 1 rings (SSSR count). The molecule has 0 aliphatic heterocycles. The van der Waals surface area contributed by atoms with Crippen molar-refractivity contribution in [3.63, 3.8) is 0 Å². The molecule has 0 saturated heterocycles. The van der Waals surface area contributed by atoms with Crippen LogP contribution in [0.5, 0.6) is 0 Å². The van der Waals surface area contributed by atoms with Gasteiger partial charge in [0.15, 0.2) is 0 Å². The maximum absolute atomic E-state index is 12.9. The van der Waals surface area contributed by atoms with Gasteiger partial charge in [0, 0.05) is 12.5 Å². The molecule has 1 nitrogen and oxygen atoms in total. The van der Waals surface area contributed by atoms with Crippen molar-refractivity contribution in [1.82, 2.24) is 0 Å². The highest BCUT2D eigenvalue weighted by Gasteiger charge is 2.34. The van der Waals surface area contributed by atoms with Gasteiger partial charge in [0.05, 0.1) is 5.56 Å². The molecule has 0 amide bonds. The van der Waals surface area contributed by atoms with Crippen molar-refractivity contribution in [3.05, 3.63) is 35.1 Å². The lowest BCUT2D eigenvalue weighted by molar-refractivity contribution is -0.140. The predicted octanol–water partition coefficient (Wildman–Crippen LogP) is 3.92. The molecule has 0 aromatic heterocycles. The van der Waals surface area contributed by atoms with E-state index in [-0.39, 0.29) is 18.0 Å². The van der Waals surface area contributed by atoms with Gasteiger partial charge in [0.25, 0.3) is 0 Å². The molecule has 1 aromatic rings. The Morgan fingerprint density at radius 3 is 2.17 bits per heavy atom. The van der Waals surface area contributed by atoms with Crippen LogP contribution in [0.15, 0.2) is 18.2 Å². The average molecular weight is 294 g/mol. The monoisotopic (exact) mass is 293 g/mol. The summed E-state index contributed by atoms with van der Waals surface area (Å²) >= 11 is 0. The van der Waals surface area contributed by atoms with Crippen molar-refractivity contribution in [2.75, 3.05) is 0 Å². The van der Waals surface area contributed by atoms with Crippen LogP contribution in [0.1, 0.15) is 23.6 Å². The molecule has 0 spiro atoms. The second kappa shape index (κ2) is 6.29. The topological polar surface area (TPSA) is 26.0 Å². The lowest BCUT2D eigenvalue weighted by Gasteiger charge is -2.14. The fourth-order valence-corrected chi connectivity index (χ4v) is 1.32. The van der Waals surface area contributed by atoms with Crippen LogP contribution >= 0.6 is 12.4 Å². The SMILES string of the molecule is Cl.N[C@@H](CC(F)F)c1ccc(F)c(C(F)(F)F)c1. The number of benzene rings is 1. The van der Waals surface area contributed by atoms with E-state index in [4.69, 9.17) is 5.73 Å². The Morgan fingerprint density at radius 2 is 1.72 bits per heavy atom. The summed E-state index contributed by atoms with van der Waals surface area (Å²) in [5.74, 6) is -1.45. The van der Waals surface area contributed by atoms with E-state index in [0.717, 1.165) is 6.07 Å². The molecule has 8 heteroatoms. The van der Waals surface area contributed by atoms with E-state index in [0.29, 0.717) is 12.1 Å². The largest absolute Gasteiger partial charge is 0.419 e. The highest BCUT2D eigenvalue weighted by Crippen LogP contribution is 2.33. The van der Waals surface area contributed by atoms with Gasteiger partial charge in [0.2, 0.25) is 6.43 Å². The molecule has 0 aliphatic carbocycles. The van der Waals surface area contributed by atoms with Crippen molar-refractivity contribution in [2.45, 2.75) is 25.1 Å². The summed E-state index contributed by atoms with van der Waals surface area (Å²) in [6, 6.07) is 0.750. The van der Waals surface area contributed by atoms with Gasteiger partial charge in [-0.2, -0.15) is 13.2 Å². The molecule has 0 heterocycles. The molecule has 104 valence electrons. The summed E-state index contributed by atoms with van der Waals surface area (Å²) in [6.45, 7) is 0. The minimum Gasteiger partial charge on any atom is -0.324 e. The Morgan fingerprint density at radius 1 is 1.17 bits per heavy atom. The Balaban J connectivity index is 0.00000289. The smallest absolute Gasteiger partial charge is 0.324 e. The van der Waals surface area contributed by atoms with Crippen LogP contribution in [0, 0.1) is 5.82 Å². The van der Waals surface area contributed by atoms with E-state index in [1.165, 1.54) is 0 Å². The van der Waals surface area contributed by atoms with Gasteiger partial charge < -0.3 is 5.73 Å². The van der Waals surface area contributed by atoms with Crippen molar-refractivity contribution in [1.29, 1.82) is 0 Å². The van der Waals surface area contributed by atoms with Gasteiger partial charge in [-0.3, -0.25) is 0 Å². The number of alkyl halides is 5. The molecule has 0 aliphatic rings. The van der Waals surface area contributed by atoms with E-state index in [9.17, 15) is 26.3 Å². The Hall–Kier alpha value is -0.950. The third-order valence-electron chi connectivity index (χ3n) is 2.16. The average Bonchev–Trinajstić information content (AvgIpc) is 2.15. The van der Waals surface area contributed by atoms with Crippen LogP contribution in [0.2, 0.25) is 0 Å². The Kier molecular flexibility index (Phi) is 5.95. The fraction of sp³-hybridized carbons (Fsp3) is 0.400. The first kappa shape index (κ1) is 17.1. The van der Waals surface area contributed by atoms with Crippen molar-refractivity contribution < 1.29 is 26.3 Å². The third-order valence-corrected chi connectivity index (χ3v) is 2.16. The van der Waals surface area contributed by atoms with Gasteiger partial charge in [-0.05, 0) is 17.7 Å². The highest BCUT2D eigenvalue weighted by molar-refractivity contribution is 5.85. The van der Waals surface area contributed by atoms with Gasteiger partial charge in [-0.1, -0.05) is 6.07 Å². The molecule has 0 unspecified atom stereocenters. The summed E-state index contributed by atoms with van der Waals surface area (Å²) in [6.07, 6.45) is -8.38. The summed E-state index contributed by atoms with van der Waals surface area (Å²) < 4.78 is 73.9. The van der Waals surface area contributed by atoms with Crippen LogP contribution in [0.25, 0.3) is 0 Å². The molecular weight excluding hydrogens is 284 g/mol. The molecule has 1 atom stereocenters. The van der Waals surface area contributed by atoms with Crippen LogP contribution in [-0.4, -0.2) is 6.43 Å². The van der Waals surface area contributed by atoms with Gasteiger partial charge in [0.1, 0.15) is 5.82 Å². The molecule has 0 saturated carbocycles. The third kappa shape index (κ3) is 4.38. The second-order valence-corrected chi connectivity index (χ2v) is 3.47. The zero-order chi connectivity index (χ0) is 13.2. The molecule has 2 N–H and O–H groups in total. The van der Waals surface area contributed by atoms with E-state index in [1.54, 1.807) is 0 Å². The lowest BCUT2D eigenvalue weighted by atomic mass is 10.0. The van der Waals surface area contributed by atoms with Crippen LogP contribution < -0.4 is 5.73 Å². The van der Waals surface area contributed by atoms with Gasteiger partial charge >= 0.3 is 6.18 Å². The van der Waals surface area contributed by atoms with Gasteiger partial charge in [-0.25, -0.2) is 13.2 Å². The Bertz CT molecular complexity index is 392. The maximum Gasteiger partial charge on any atom is 0.419 e.